The van der Waals surface area contributed by atoms with Crippen molar-refractivity contribution in [2.75, 3.05) is 0 Å². The summed E-state index contributed by atoms with van der Waals surface area (Å²) >= 11 is 23.2. The van der Waals surface area contributed by atoms with Gasteiger partial charge in [0, 0.05) is 18.0 Å². The van der Waals surface area contributed by atoms with E-state index in [1.807, 2.05) is 0 Å². The Hall–Kier alpha value is -0.550. The smallest absolute Gasteiger partial charge is 0.388 e. The molecule has 2 rings (SSSR count). The maximum Gasteiger partial charge on any atom is 0.388 e. The minimum absolute atomic E-state index is 0.280. The predicted octanol–water partition coefficient (Wildman–Crippen LogP) is 3.27. The van der Waals surface area contributed by atoms with Crippen molar-refractivity contribution >= 4 is 52.3 Å². The van der Waals surface area contributed by atoms with Crippen LogP contribution < -0.4 is 14.8 Å². The molecule has 0 saturated carbocycles. The van der Waals surface area contributed by atoms with E-state index in [0.717, 1.165) is 0 Å². The molecule has 1 atom stereocenters. The Morgan fingerprint density at radius 3 is 2.44 bits per heavy atom. The maximum atomic E-state index is 11.2. The summed E-state index contributed by atoms with van der Waals surface area (Å²) in [7, 11) is 0. The van der Waals surface area contributed by atoms with Crippen molar-refractivity contribution in [3.63, 3.8) is 0 Å². The van der Waals surface area contributed by atoms with Gasteiger partial charge in [-0.25, -0.2) is 0 Å². The number of benzene rings is 1. The molecule has 1 aliphatic rings. The first-order valence-corrected chi connectivity index (χ1v) is 6.28. The summed E-state index contributed by atoms with van der Waals surface area (Å²) in [5.74, 6) is -1.78. The van der Waals surface area contributed by atoms with Crippen LogP contribution >= 0.6 is 46.4 Å². The highest BCUT2D eigenvalue weighted by atomic mass is 35.6. The molecule has 4 nitrogen and oxygen atoms in total. The Morgan fingerprint density at radius 1 is 1.28 bits per heavy atom. The number of amides is 1. The molecule has 1 aromatic carbocycles. The number of rotatable bonds is 1. The second-order valence-corrected chi connectivity index (χ2v) is 6.31. The monoisotopic (exact) mass is 329 g/mol. The van der Waals surface area contributed by atoms with E-state index < -0.39 is 15.6 Å². The second kappa shape index (κ2) is 4.53. The number of fused-ring (bicyclic) bond motifs is 1. The van der Waals surface area contributed by atoms with Gasteiger partial charge in [-0.15, -0.1) is 0 Å². The van der Waals surface area contributed by atoms with Gasteiger partial charge in [-0.3, -0.25) is 10.1 Å². The summed E-state index contributed by atoms with van der Waals surface area (Å²) in [5.41, 5.74) is 0. The molecule has 1 N–H and O–H groups in total. The molecule has 1 aliphatic heterocycles. The fourth-order valence-corrected chi connectivity index (χ4v) is 1.98. The van der Waals surface area contributed by atoms with E-state index >= 15 is 0 Å². The van der Waals surface area contributed by atoms with Gasteiger partial charge < -0.3 is 9.47 Å². The van der Waals surface area contributed by atoms with Crippen LogP contribution in [-0.4, -0.2) is 15.6 Å². The van der Waals surface area contributed by atoms with Crippen molar-refractivity contribution in [1.82, 2.24) is 5.32 Å². The Morgan fingerprint density at radius 2 is 1.89 bits per heavy atom. The summed E-state index contributed by atoms with van der Waals surface area (Å²) < 4.78 is 8.81. The highest BCUT2D eigenvalue weighted by molar-refractivity contribution is 6.68. The van der Waals surface area contributed by atoms with Crippen molar-refractivity contribution in [1.29, 1.82) is 0 Å². The van der Waals surface area contributed by atoms with Crippen molar-refractivity contribution in [3.8, 4) is 11.5 Å². The van der Waals surface area contributed by atoms with E-state index in [-0.39, 0.29) is 5.75 Å². The van der Waals surface area contributed by atoms with E-state index in [1.54, 1.807) is 12.1 Å². The minimum Gasteiger partial charge on any atom is -0.428 e. The third kappa shape index (κ3) is 2.43. The first kappa shape index (κ1) is 13.9. The molecule has 1 aromatic rings. The second-order valence-electron chi connectivity index (χ2n) is 3.59. The molecule has 0 bridgehead atoms. The van der Waals surface area contributed by atoms with Crippen LogP contribution in [0.1, 0.15) is 6.92 Å². The van der Waals surface area contributed by atoms with Crippen molar-refractivity contribution < 1.29 is 14.3 Å². The number of hydrogen-bond donors (Lipinski definition) is 1. The normalized spacial score (nSPS) is 21.8. The quantitative estimate of drug-likeness (QED) is 0.804. The fourth-order valence-electron chi connectivity index (χ4n) is 1.45. The Kier molecular flexibility index (Phi) is 3.49. The third-order valence-corrected chi connectivity index (χ3v) is 3.11. The zero-order valence-electron chi connectivity index (χ0n) is 8.97. The molecule has 98 valence electrons. The zero-order valence-corrected chi connectivity index (χ0v) is 12.0. The molecule has 0 aromatic heterocycles. The van der Waals surface area contributed by atoms with Crippen molar-refractivity contribution in [2.24, 2.45) is 0 Å². The molecule has 1 unspecified atom stereocenters. The van der Waals surface area contributed by atoms with Crippen molar-refractivity contribution in [2.45, 2.75) is 16.6 Å². The summed E-state index contributed by atoms with van der Waals surface area (Å²) in [6.45, 7) is 1.25. The highest BCUT2D eigenvalue weighted by Gasteiger charge is 2.59. The van der Waals surface area contributed by atoms with Gasteiger partial charge in [-0.2, -0.15) is 0 Å². The summed E-state index contributed by atoms with van der Waals surface area (Å²) in [4.78, 5) is 11.2. The van der Waals surface area contributed by atoms with Gasteiger partial charge >= 0.3 is 5.91 Å². The third-order valence-electron chi connectivity index (χ3n) is 2.13. The first-order valence-electron chi connectivity index (χ1n) is 4.76. The summed E-state index contributed by atoms with van der Waals surface area (Å²) in [5, 5.41) is 2.77. The van der Waals surface area contributed by atoms with Gasteiger partial charge in [-0.05, 0) is 12.1 Å². The lowest BCUT2D eigenvalue weighted by Gasteiger charge is -2.33. The van der Waals surface area contributed by atoms with E-state index in [0.29, 0.717) is 10.8 Å². The highest BCUT2D eigenvalue weighted by Crippen LogP contribution is 2.49. The van der Waals surface area contributed by atoms with Crippen LogP contribution in [0.4, 0.5) is 0 Å². The molecule has 0 radical (unpaired) electrons. The number of carbonyl (C=O) groups excluding carboxylic acids is 1. The Bertz CT molecular complexity index is 502. The largest absolute Gasteiger partial charge is 0.428 e. The average Bonchev–Trinajstić information content (AvgIpc) is 2.54. The van der Waals surface area contributed by atoms with Gasteiger partial charge in [0.05, 0.1) is 0 Å². The molecule has 1 amide bonds. The maximum absolute atomic E-state index is 11.2. The topological polar surface area (TPSA) is 47.6 Å². The molecule has 0 aliphatic carbocycles. The van der Waals surface area contributed by atoms with Crippen LogP contribution in [0.5, 0.6) is 11.5 Å². The molecular formula is C10H7Cl4NO3. The van der Waals surface area contributed by atoms with E-state index in [4.69, 9.17) is 55.9 Å². The molecular weight excluding hydrogens is 324 g/mol. The first-order chi connectivity index (χ1) is 8.23. The SMILES string of the molecule is CC(=O)NC1(C(Cl)(Cl)Cl)Oc2ccc(Cl)cc2O1. The number of hydrogen-bond acceptors (Lipinski definition) is 3. The van der Waals surface area contributed by atoms with Crippen LogP contribution in [0, 0.1) is 0 Å². The number of halogens is 4. The zero-order chi connectivity index (χ0) is 13.6. The van der Waals surface area contributed by atoms with E-state index in [2.05, 4.69) is 5.32 Å². The Balaban J connectivity index is 2.40. The lowest BCUT2D eigenvalue weighted by atomic mass is 10.3. The predicted molar refractivity (Wildman–Crippen MR) is 69.5 cm³/mol. The minimum atomic E-state index is -2.02. The standard InChI is InChI=1S/C10H7Cl4NO3/c1-5(16)15-10(9(12,13)14)17-7-3-2-6(11)4-8(7)18-10/h2-4H,1H3,(H,15,16). The lowest BCUT2D eigenvalue weighted by Crippen LogP contribution is -2.63. The Labute approximate surface area is 123 Å². The van der Waals surface area contributed by atoms with Gasteiger partial charge in [0.1, 0.15) is 0 Å². The molecule has 18 heavy (non-hydrogen) atoms. The van der Waals surface area contributed by atoms with Crippen LogP contribution in [0.15, 0.2) is 18.2 Å². The van der Waals surface area contributed by atoms with Gasteiger partial charge in [0.15, 0.2) is 11.5 Å². The number of alkyl halides is 3. The molecule has 0 saturated heterocycles. The number of ether oxygens (including phenoxy) is 2. The summed E-state index contributed by atoms with van der Waals surface area (Å²) in [6, 6.07) is 4.64. The number of nitrogens with one attached hydrogen (secondary N) is 1. The van der Waals surface area contributed by atoms with Crippen LogP contribution in [0.25, 0.3) is 0 Å². The van der Waals surface area contributed by atoms with Gasteiger partial charge in [0.25, 0.3) is 3.79 Å². The molecule has 1 heterocycles. The van der Waals surface area contributed by atoms with Crippen LogP contribution in [-0.2, 0) is 4.79 Å². The molecule has 0 spiro atoms. The lowest BCUT2D eigenvalue weighted by molar-refractivity contribution is -0.142. The van der Waals surface area contributed by atoms with Crippen molar-refractivity contribution in [3.05, 3.63) is 23.2 Å². The number of carbonyl (C=O) groups is 1. The fraction of sp³-hybridized carbons (Fsp3) is 0.300. The van der Waals surface area contributed by atoms with E-state index in [9.17, 15) is 4.79 Å². The summed E-state index contributed by atoms with van der Waals surface area (Å²) in [6.07, 6.45) is 0. The van der Waals surface area contributed by atoms with Crippen LogP contribution in [0.2, 0.25) is 5.02 Å². The van der Waals surface area contributed by atoms with Crippen LogP contribution in [0.3, 0.4) is 0 Å². The van der Waals surface area contributed by atoms with Gasteiger partial charge in [-0.1, -0.05) is 46.4 Å². The van der Waals surface area contributed by atoms with E-state index in [1.165, 1.54) is 13.0 Å². The molecule has 8 heteroatoms. The molecule has 0 fully saturated rings. The van der Waals surface area contributed by atoms with Gasteiger partial charge in [0.2, 0.25) is 5.91 Å². The average molecular weight is 331 g/mol.